The summed E-state index contributed by atoms with van der Waals surface area (Å²) in [6, 6.07) is 20.8. The maximum Gasteiger partial charge on any atom is 0.335 e. The van der Waals surface area contributed by atoms with Crippen LogP contribution < -0.4 is 14.4 Å². The fraction of sp³-hybridized carbons (Fsp3) is 0.115. The van der Waals surface area contributed by atoms with Gasteiger partial charge in [0, 0.05) is 5.56 Å². The van der Waals surface area contributed by atoms with Gasteiger partial charge < -0.3 is 14.6 Å². The molecule has 0 saturated heterocycles. The standard InChI is InChI=1S/C26H22N2O5/c1-3-33-22-14-10-20(11-15-22)28-24(18-8-12-21(32-2)13-9-18)27-23(25(28)29)16-17-4-6-19(7-5-17)26(30)31/h4-16H,3H2,1-2H3,(H,30,31)/b23-16+. The van der Waals surface area contributed by atoms with Crippen LogP contribution in [0.25, 0.3) is 6.08 Å². The summed E-state index contributed by atoms with van der Waals surface area (Å²) in [6.07, 6.45) is 1.64. The van der Waals surface area contributed by atoms with Crippen LogP contribution in [0.4, 0.5) is 5.69 Å². The van der Waals surface area contributed by atoms with Gasteiger partial charge in [0.1, 0.15) is 23.0 Å². The molecule has 0 aliphatic carbocycles. The molecule has 7 nitrogen and oxygen atoms in total. The Labute approximate surface area is 191 Å². The third-order valence-corrected chi connectivity index (χ3v) is 5.08. The number of rotatable bonds is 7. The summed E-state index contributed by atoms with van der Waals surface area (Å²) in [5, 5.41) is 9.10. The monoisotopic (exact) mass is 442 g/mol. The van der Waals surface area contributed by atoms with Crippen molar-refractivity contribution in [1.29, 1.82) is 0 Å². The van der Waals surface area contributed by atoms with Gasteiger partial charge in [0.05, 0.1) is 25.0 Å². The van der Waals surface area contributed by atoms with Gasteiger partial charge in [0.2, 0.25) is 0 Å². The minimum Gasteiger partial charge on any atom is -0.497 e. The van der Waals surface area contributed by atoms with Gasteiger partial charge in [-0.15, -0.1) is 0 Å². The molecule has 1 heterocycles. The highest BCUT2D eigenvalue weighted by Crippen LogP contribution is 2.30. The highest BCUT2D eigenvalue weighted by Gasteiger charge is 2.32. The third-order valence-electron chi connectivity index (χ3n) is 5.08. The van der Waals surface area contributed by atoms with Crippen LogP contribution in [-0.2, 0) is 4.79 Å². The Bertz CT molecular complexity index is 1230. The van der Waals surface area contributed by atoms with Crippen molar-refractivity contribution >= 4 is 29.5 Å². The molecule has 0 fully saturated rings. The number of carboxylic acid groups (broad SMARTS) is 1. The van der Waals surface area contributed by atoms with E-state index in [2.05, 4.69) is 4.99 Å². The first-order valence-corrected chi connectivity index (χ1v) is 10.4. The van der Waals surface area contributed by atoms with Gasteiger partial charge in [-0.05, 0) is 79.2 Å². The highest BCUT2D eigenvalue weighted by atomic mass is 16.5. The van der Waals surface area contributed by atoms with E-state index >= 15 is 0 Å². The summed E-state index contributed by atoms with van der Waals surface area (Å²) in [6.45, 7) is 2.46. The van der Waals surface area contributed by atoms with Crippen LogP contribution in [0, 0.1) is 0 Å². The number of hydrogen-bond acceptors (Lipinski definition) is 5. The second-order valence-electron chi connectivity index (χ2n) is 7.19. The number of aliphatic imine (C=N–C) groups is 1. The van der Waals surface area contributed by atoms with Gasteiger partial charge in [-0.1, -0.05) is 12.1 Å². The SMILES string of the molecule is CCOc1ccc(N2C(=O)/C(=C\c3ccc(C(=O)O)cc3)N=C2c2ccc(OC)cc2)cc1. The first-order valence-electron chi connectivity index (χ1n) is 10.4. The van der Waals surface area contributed by atoms with Crippen LogP contribution in [0.3, 0.4) is 0 Å². The number of ether oxygens (including phenoxy) is 2. The summed E-state index contributed by atoms with van der Waals surface area (Å²) in [7, 11) is 1.59. The van der Waals surface area contributed by atoms with Crippen molar-refractivity contribution in [2.75, 3.05) is 18.6 Å². The Morgan fingerprint density at radius 1 is 0.970 bits per heavy atom. The maximum absolute atomic E-state index is 13.4. The van der Waals surface area contributed by atoms with Crippen LogP contribution in [0.1, 0.15) is 28.4 Å². The fourth-order valence-corrected chi connectivity index (χ4v) is 3.43. The quantitative estimate of drug-likeness (QED) is 0.539. The van der Waals surface area contributed by atoms with Crippen molar-refractivity contribution in [2.45, 2.75) is 6.92 Å². The van der Waals surface area contributed by atoms with Gasteiger partial charge in [0.15, 0.2) is 0 Å². The summed E-state index contributed by atoms with van der Waals surface area (Å²) >= 11 is 0. The Hall–Kier alpha value is -4.39. The number of anilines is 1. The van der Waals surface area contributed by atoms with Crippen molar-refractivity contribution in [3.8, 4) is 11.5 Å². The largest absolute Gasteiger partial charge is 0.497 e. The van der Waals surface area contributed by atoms with E-state index in [1.807, 2.05) is 55.5 Å². The smallest absolute Gasteiger partial charge is 0.335 e. The van der Waals surface area contributed by atoms with E-state index in [9.17, 15) is 9.59 Å². The molecule has 0 aromatic heterocycles. The normalized spacial score (nSPS) is 14.4. The lowest BCUT2D eigenvalue weighted by Crippen LogP contribution is -2.32. The Morgan fingerprint density at radius 2 is 1.61 bits per heavy atom. The number of amidine groups is 1. The second-order valence-corrected chi connectivity index (χ2v) is 7.19. The second kappa shape index (κ2) is 9.40. The van der Waals surface area contributed by atoms with E-state index in [1.165, 1.54) is 12.1 Å². The van der Waals surface area contributed by atoms with Crippen molar-refractivity contribution in [1.82, 2.24) is 0 Å². The van der Waals surface area contributed by atoms with Crippen LogP contribution in [0.5, 0.6) is 11.5 Å². The number of hydrogen-bond donors (Lipinski definition) is 1. The van der Waals surface area contributed by atoms with E-state index in [0.29, 0.717) is 35.2 Å². The first-order chi connectivity index (χ1) is 16.0. The molecule has 0 bridgehead atoms. The van der Waals surface area contributed by atoms with E-state index in [1.54, 1.807) is 30.2 Å². The number of aromatic carboxylic acids is 1. The molecule has 1 aliphatic rings. The molecule has 3 aromatic carbocycles. The fourth-order valence-electron chi connectivity index (χ4n) is 3.43. The molecular weight excluding hydrogens is 420 g/mol. The van der Waals surface area contributed by atoms with Gasteiger partial charge in [-0.25, -0.2) is 9.79 Å². The number of benzene rings is 3. The molecule has 3 aromatic rings. The van der Waals surface area contributed by atoms with Crippen LogP contribution in [0.2, 0.25) is 0 Å². The summed E-state index contributed by atoms with van der Waals surface area (Å²) in [4.78, 5) is 30.7. The van der Waals surface area contributed by atoms with Crippen molar-refractivity contribution in [3.63, 3.8) is 0 Å². The zero-order valence-electron chi connectivity index (χ0n) is 18.2. The maximum atomic E-state index is 13.4. The Balaban J connectivity index is 1.74. The Kier molecular flexibility index (Phi) is 6.22. The lowest BCUT2D eigenvalue weighted by molar-refractivity contribution is -0.113. The molecule has 1 N–H and O–H groups in total. The van der Waals surface area contributed by atoms with Crippen LogP contribution in [0.15, 0.2) is 83.5 Å². The minimum atomic E-state index is -1.01. The van der Waals surface area contributed by atoms with Crippen molar-refractivity contribution in [3.05, 3.63) is 95.2 Å². The number of nitrogens with zero attached hydrogens (tertiary/aromatic N) is 2. The van der Waals surface area contributed by atoms with Crippen LogP contribution in [-0.4, -0.2) is 36.5 Å². The number of carbonyl (C=O) groups is 2. The Morgan fingerprint density at radius 3 is 2.18 bits per heavy atom. The number of amides is 1. The summed E-state index contributed by atoms with van der Waals surface area (Å²) in [5.41, 5.74) is 2.51. The van der Waals surface area contributed by atoms with Gasteiger partial charge in [-0.2, -0.15) is 0 Å². The predicted octanol–water partition coefficient (Wildman–Crippen LogP) is 4.63. The van der Waals surface area contributed by atoms with Gasteiger partial charge in [-0.3, -0.25) is 9.69 Å². The molecular formula is C26H22N2O5. The van der Waals surface area contributed by atoms with Crippen molar-refractivity contribution < 1.29 is 24.2 Å². The number of carboxylic acids is 1. The molecule has 1 amide bonds. The molecule has 33 heavy (non-hydrogen) atoms. The third kappa shape index (κ3) is 4.62. The molecule has 0 saturated carbocycles. The topological polar surface area (TPSA) is 88.4 Å². The molecule has 7 heteroatoms. The average molecular weight is 442 g/mol. The molecule has 0 atom stereocenters. The molecule has 166 valence electrons. The molecule has 0 unspecified atom stereocenters. The molecule has 4 rings (SSSR count). The molecule has 1 aliphatic heterocycles. The predicted molar refractivity (Wildman–Crippen MR) is 126 cm³/mol. The summed E-state index contributed by atoms with van der Waals surface area (Å²) < 4.78 is 10.8. The number of carbonyl (C=O) groups excluding carboxylic acids is 1. The van der Waals surface area contributed by atoms with E-state index in [4.69, 9.17) is 14.6 Å². The zero-order valence-corrected chi connectivity index (χ0v) is 18.2. The zero-order chi connectivity index (χ0) is 23.4. The van der Waals surface area contributed by atoms with Crippen molar-refractivity contribution in [2.24, 2.45) is 4.99 Å². The highest BCUT2D eigenvalue weighted by molar-refractivity contribution is 6.33. The lowest BCUT2D eigenvalue weighted by Gasteiger charge is -2.19. The van der Waals surface area contributed by atoms with E-state index < -0.39 is 5.97 Å². The van der Waals surface area contributed by atoms with Crippen LogP contribution >= 0.6 is 0 Å². The number of methoxy groups -OCH3 is 1. The first kappa shape index (κ1) is 21.8. The van der Waals surface area contributed by atoms with E-state index in [0.717, 1.165) is 5.56 Å². The molecule has 0 radical (unpaired) electrons. The summed E-state index contributed by atoms with van der Waals surface area (Å²) in [5.74, 6) is 0.607. The molecule has 0 spiro atoms. The lowest BCUT2D eigenvalue weighted by atomic mass is 10.1. The average Bonchev–Trinajstić information content (AvgIpc) is 3.16. The van der Waals surface area contributed by atoms with E-state index in [-0.39, 0.29) is 17.2 Å². The van der Waals surface area contributed by atoms with Gasteiger partial charge in [0.25, 0.3) is 5.91 Å². The van der Waals surface area contributed by atoms with Gasteiger partial charge >= 0.3 is 5.97 Å². The minimum absolute atomic E-state index is 0.174.